The highest BCUT2D eigenvalue weighted by Gasteiger charge is 2.53. The molecule has 1 fully saturated rings. The van der Waals surface area contributed by atoms with Crippen LogP contribution in [0.4, 0.5) is 0 Å². The van der Waals surface area contributed by atoms with Gasteiger partial charge in [-0.3, -0.25) is 0 Å². The average molecular weight is 182 g/mol. The largest absolute Gasteiger partial charge is 0.378 e. The minimum Gasteiger partial charge on any atom is -0.378 e. The molecule has 1 unspecified atom stereocenters. The Kier molecular flexibility index (Phi) is 2.22. The van der Waals surface area contributed by atoms with Crippen molar-refractivity contribution in [2.45, 2.75) is 45.8 Å². The topological polar surface area (TPSA) is 32.8 Å². The van der Waals surface area contributed by atoms with Gasteiger partial charge in [0, 0.05) is 5.41 Å². The van der Waals surface area contributed by atoms with Crippen LogP contribution >= 0.6 is 0 Å². The first-order valence-electron chi connectivity index (χ1n) is 4.57. The number of rotatable bonds is 0. The van der Waals surface area contributed by atoms with Crippen molar-refractivity contribution in [3.05, 3.63) is 0 Å². The van der Waals surface area contributed by atoms with E-state index in [-0.39, 0.29) is 11.0 Å². The van der Waals surface area contributed by atoms with Gasteiger partial charge in [0.25, 0.3) is 0 Å². The maximum atomic E-state index is 9.45. The van der Waals surface area contributed by atoms with E-state index in [1.54, 1.807) is 13.8 Å². The first-order valence-corrected chi connectivity index (χ1v) is 4.57. The molecule has 13 heavy (non-hydrogen) atoms. The van der Waals surface area contributed by atoms with E-state index >= 15 is 0 Å². The molecule has 1 N–H and O–H groups in total. The van der Waals surface area contributed by atoms with Crippen molar-refractivity contribution in [3.63, 3.8) is 0 Å². The maximum absolute atomic E-state index is 9.45. The second kappa shape index (κ2) is 2.73. The molecule has 2 nitrogen and oxygen atoms in total. The Balaban J connectivity index is 2.79. The summed E-state index contributed by atoms with van der Waals surface area (Å²) in [6, 6.07) is 0. The lowest BCUT2D eigenvalue weighted by atomic mass is 9.81. The summed E-state index contributed by atoms with van der Waals surface area (Å²) in [5.74, 6) is 5.84. The van der Waals surface area contributed by atoms with E-state index in [4.69, 9.17) is 4.74 Å². The van der Waals surface area contributed by atoms with E-state index in [0.717, 1.165) is 0 Å². The van der Waals surface area contributed by atoms with Crippen LogP contribution in [-0.4, -0.2) is 22.9 Å². The van der Waals surface area contributed by atoms with Crippen molar-refractivity contribution in [1.82, 2.24) is 0 Å². The Morgan fingerprint density at radius 2 is 1.69 bits per heavy atom. The minimum atomic E-state index is -0.926. The summed E-state index contributed by atoms with van der Waals surface area (Å²) in [5, 5.41) is 9.45. The lowest BCUT2D eigenvalue weighted by Gasteiger charge is -2.22. The fourth-order valence-corrected chi connectivity index (χ4v) is 1.02. The maximum Gasteiger partial charge on any atom is 0.156 e. The molecule has 0 saturated carbocycles. The van der Waals surface area contributed by atoms with Gasteiger partial charge in [-0.15, -0.1) is 0 Å². The molecule has 0 aromatic carbocycles. The van der Waals surface area contributed by atoms with Crippen molar-refractivity contribution in [1.29, 1.82) is 0 Å². The van der Waals surface area contributed by atoms with Gasteiger partial charge >= 0.3 is 0 Å². The monoisotopic (exact) mass is 182 g/mol. The van der Waals surface area contributed by atoms with Crippen molar-refractivity contribution < 1.29 is 9.84 Å². The van der Waals surface area contributed by atoms with Gasteiger partial charge in [-0.25, -0.2) is 0 Å². The minimum absolute atomic E-state index is 0.0191. The standard InChI is InChI=1S/C11H18O2/c1-9(2,3)11(8-13-11)7-6-10(4,5)12/h12H,8H2,1-5H3. The number of ether oxygens (including phenoxy) is 1. The average Bonchev–Trinajstić information content (AvgIpc) is 2.58. The normalized spacial score (nSPS) is 27.8. The first kappa shape index (κ1) is 10.6. The van der Waals surface area contributed by atoms with E-state index in [1.807, 2.05) is 0 Å². The molecule has 0 aromatic rings. The number of hydrogen-bond acceptors (Lipinski definition) is 2. The zero-order valence-corrected chi connectivity index (χ0v) is 9.06. The highest BCUT2D eigenvalue weighted by atomic mass is 16.6. The molecular weight excluding hydrogens is 164 g/mol. The van der Waals surface area contributed by atoms with Crippen molar-refractivity contribution in [2.75, 3.05) is 6.61 Å². The zero-order chi connectivity index (χ0) is 10.3. The van der Waals surface area contributed by atoms with Gasteiger partial charge in [-0.1, -0.05) is 32.6 Å². The van der Waals surface area contributed by atoms with Gasteiger partial charge in [0.1, 0.15) is 5.60 Å². The molecule has 0 aliphatic carbocycles. The second-order valence-electron chi connectivity index (χ2n) is 5.17. The fourth-order valence-electron chi connectivity index (χ4n) is 1.02. The molecule has 0 bridgehead atoms. The predicted octanol–water partition coefficient (Wildman–Crippen LogP) is 1.58. The Hall–Kier alpha value is -0.520. The third-order valence-corrected chi connectivity index (χ3v) is 2.21. The molecule has 0 spiro atoms. The molecular formula is C11H18O2. The zero-order valence-electron chi connectivity index (χ0n) is 9.06. The van der Waals surface area contributed by atoms with E-state index in [0.29, 0.717) is 6.61 Å². The summed E-state index contributed by atoms with van der Waals surface area (Å²) in [5.41, 5.74) is -1.23. The number of hydrogen-bond donors (Lipinski definition) is 1. The van der Waals surface area contributed by atoms with Crippen molar-refractivity contribution >= 4 is 0 Å². The lowest BCUT2D eigenvalue weighted by molar-refractivity contribution is 0.142. The van der Waals surface area contributed by atoms with Crippen LogP contribution in [0.1, 0.15) is 34.6 Å². The molecule has 1 rings (SSSR count). The fraction of sp³-hybridized carbons (Fsp3) is 0.818. The van der Waals surface area contributed by atoms with E-state index in [2.05, 4.69) is 32.6 Å². The van der Waals surface area contributed by atoms with Crippen LogP contribution in [0.2, 0.25) is 0 Å². The van der Waals surface area contributed by atoms with Crippen molar-refractivity contribution in [2.24, 2.45) is 5.41 Å². The van der Waals surface area contributed by atoms with E-state index in [1.165, 1.54) is 0 Å². The highest BCUT2D eigenvalue weighted by molar-refractivity contribution is 5.28. The van der Waals surface area contributed by atoms with Gasteiger partial charge in [-0.05, 0) is 13.8 Å². The first-order chi connectivity index (χ1) is 5.66. The summed E-state index contributed by atoms with van der Waals surface area (Å²) in [7, 11) is 0. The van der Waals surface area contributed by atoms with E-state index in [9.17, 15) is 5.11 Å². The summed E-state index contributed by atoms with van der Waals surface area (Å²) in [6.45, 7) is 10.3. The van der Waals surface area contributed by atoms with Crippen LogP contribution < -0.4 is 0 Å². The SMILES string of the molecule is CC(C)(O)C#CC1(C(C)(C)C)CO1. The second-order valence-corrected chi connectivity index (χ2v) is 5.17. The molecule has 2 heteroatoms. The van der Waals surface area contributed by atoms with Gasteiger partial charge < -0.3 is 9.84 Å². The number of aliphatic hydroxyl groups is 1. The molecule has 0 aromatic heterocycles. The third-order valence-electron chi connectivity index (χ3n) is 2.21. The van der Waals surface area contributed by atoms with Gasteiger partial charge in [0.2, 0.25) is 0 Å². The van der Waals surface area contributed by atoms with Crippen LogP contribution in [0.3, 0.4) is 0 Å². The molecule has 74 valence electrons. The van der Waals surface area contributed by atoms with Crippen LogP contribution in [0, 0.1) is 17.3 Å². The Morgan fingerprint density at radius 3 is 1.92 bits per heavy atom. The molecule has 0 radical (unpaired) electrons. The van der Waals surface area contributed by atoms with Crippen molar-refractivity contribution in [3.8, 4) is 11.8 Å². The summed E-state index contributed by atoms with van der Waals surface area (Å²) in [6.07, 6.45) is 0. The lowest BCUT2D eigenvalue weighted by Crippen LogP contribution is -2.29. The molecule has 1 heterocycles. The summed E-state index contributed by atoms with van der Waals surface area (Å²) >= 11 is 0. The quantitative estimate of drug-likeness (QED) is 0.455. The van der Waals surface area contributed by atoms with Crippen LogP contribution in [0.25, 0.3) is 0 Å². The van der Waals surface area contributed by atoms with Crippen LogP contribution in [0.5, 0.6) is 0 Å². The molecule has 0 amide bonds. The smallest absolute Gasteiger partial charge is 0.156 e. The predicted molar refractivity (Wildman–Crippen MR) is 52.2 cm³/mol. The van der Waals surface area contributed by atoms with E-state index < -0.39 is 5.60 Å². The van der Waals surface area contributed by atoms with Gasteiger partial charge in [0.15, 0.2) is 5.60 Å². The molecule has 1 saturated heterocycles. The molecule has 1 aliphatic rings. The summed E-state index contributed by atoms with van der Waals surface area (Å²) < 4.78 is 5.37. The number of epoxide rings is 1. The third kappa shape index (κ3) is 2.46. The molecule has 1 aliphatic heterocycles. The highest BCUT2D eigenvalue weighted by Crippen LogP contribution is 2.43. The van der Waals surface area contributed by atoms with Gasteiger partial charge in [0.05, 0.1) is 6.61 Å². The van der Waals surface area contributed by atoms with Crippen LogP contribution in [-0.2, 0) is 4.74 Å². The van der Waals surface area contributed by atoms with Crippen LogP contribution in [0.15, 0.2) is 0 Å². The summed E-state index contributed by atoms with van der Waals surface area (Å²) in [4.78, 5) is 0. The Labute approximate surface area is 80.3 Å². The molecule has 1 atom stereocenters. The Morgan fingerprint density at radius 1 is 1.23 bits per heavy atom. The Bertz CT molecular complexity index is 251. The van der Waals surface area contributed by atoms with Gasteiger partial charge in [-0.2, -0.15) is 0 Å².